The molecular weight excluding hydrogens is 304 g/mol. The van der Waals surface area contributed by atoms with E-state index in [0.717, 1.165) is 38.5 Å². The molecule has 0 spiro atoms. The number of aryl methyl sites for hydroxylation is 1. The first-order valence-electron chi connectivity index (χ1n) is 9.12. The molecule has 3 aliphatic carbocycles. The Hall–Kier alpha value is -1.55. The summed E-state index contributed by atoms with van der Waals surface area (Å²) in [4.78, 5) is 11.3. The third-order valence-electron chi connectivity index (χ3n) is 7.01. The lowest BCUT2D eigenvalue weighted by molar-refractivity contribution is -0.132. The van der Waals surface area contributed by atoms with Crippen LogP contribution < -0.4 is 4.74 Å². The zero-order valence-electron chi connectivity index (χ0n) is 14.4. The van der Waals surface area contributed by atoms with Crippen LogP contribution in [0.5, 0.6) is 11.5 Å². The molecule has 0 unspecified atom stereocenters. The number of aliphatic hydroxyl groups is 1. The summed E-state index contributed by atoms with van der Waals surface area (Å²) in [7, 11) is 0. The lowest BCUT2D eigenvalue weighted by atomic mass is 9.55. The van der Waals surface area contributed by atoms with E-state index < -0.39 is 5.97 Å². The molecule has 1 aromatic carbocycles. The summed E-state index contributed by atoms with van der Waals surface area (Å²) < 4.78 is 5.19. The zero-order valence-corrected chi connectivity index (χ0v) is 14.4. The molecule has 0 aliphatic heterocycles. The van der Waals surface area contributed by atoms with E-state index in [-0.39, 0.29) is 23.0 Å². The minimum Gasteiger partial charge on any atom is -0.504 e. The highest BCUT2D eigenvalue weighted by molar-refractivity contribution is 5.70. The zero-order chi connectivity index (χ0) is 17.1. The summed E-state index contributed by atoms with van der Waals surface area (Å²) in [6.45, 7) is 3.62. The van der Waals surface area contributed by atoms with Crippen molar-refractivity contribution in [2.75, 3.05) is 0 Å². The molecule has 1 aromatic rings. The predicted octanol–water partition coefficient (Wildman–Crippen LogP) is 3.53. The summed E-state index contributed by atoms with van der Waals surface area (Å²) in [6.07, 6.45) is 6.05. The number of phenolic OH excluding ortho intramolecular Hbond substituents is 1. The highest BCUT2D eigenvalue weighted by atomic mass is 16.5. The number of hydrogen-bond acceptors (Lipinski definition) is 4. The summed E-state index contributed by atoms with van der Waals surface area (Å²) >= 11 is 0. The number of carbonyl (C=O) groups is 1. The number of aromatic hydroxyl groups is 1. The van der Waals surface area contributed by atoms with Crippen LogP contribution in [0.25, 0.3) is 0 Å². The van der Waals surface area contributed by atoms with Gasteiger partial charge >= 0.3 is 5.97 Å². The second-order valence-electron chi connectivity index (χ2n) is 8.17. The van der Waals surface area contributed by atoms with Crippen LogP contribution in [0, 0.1) is 17.3 Å². The Kier molecular flexibility index (Phi) is 3.64. The van der Waals surface area contributed by atoms with Crippen LogP contribution in [0.1, 0.15) is 63.0 Å². The van der Waals surface area contributed by atoms with Gasteiger partial charge in [0.25, 0.3) is 0 Å². The quantitative estimate of drug-likeness (QED) is 0.610. The number of carbonyl (C=O) groups excluding carboxylic acids is 1. The first kappa shape index (κ1) is 15.9. The maximum absolute atomic E-state index is 11.3. The number of phenols is 1. The second-order valence-corrected chi connectivity index (χ2v) is 8.17. The monoisotopic (exact) mass is 330 g/mol. The predicted molar refractivity (Wildman–Crippen MR) is 90.0 cm³/mol. The average Bonchev–Trinajstić information content (AvgIpc) is 2.83. The first-order chi connectivity index (χ1) is 11.4. The van der Waals surface area contributed by atoms with E-state index in [4.69, 9.17) is 4.74 Å². The largest absolute Gasteiger partial charge is 0.504 e. The fourth-order valence-corrected chi connectivity index (χ4v) is 5.80. The molecule has 2 saturated carbocycles. The molecule has 3 aliphatic rings. The maximum atomic E-state index is 11.3. The Bertz CT molecular complexity index is 682. The van der Waals surface area contributed by atoms with E-state index in [1.54, 1.807) is 6.07 Å². The normalized spacial score (nSPS) is 37.3. The van der Waals surface area contributed by atoms with Crippen molar-refractivity contribution in [2.24, 2.45) is 17.3 Å². The Labute approximate surface area is 142 Å². The number of rotatable bonds is 1. The van der Waals surface area contributed by atoms with Crippen LogP contribution in [0.4, 0.5) is 0 Å². The van der Waals surface area contributed by atoms with Crippen molar-refractivity contribution >= 4 is 5.97 Å². The van der Waals surface area contributed by atoms with Gasteiger partial charge in [0, 0.05) is 6.92 Å². The van der Waals surface area contributed by atoms with E-state index in [2.05, 4.69) is 6.92 Å². The topological polar surface area (TPSA) is 66.8 Å². The van der Waals surface area contributed by atoms with Crippen LogP contribution in [0.15, 0.2) is 12.1 Å². The van der Waals surface area contributed by atoms with Crippen molar-refractivity contribution in [1.29, 1.82) is 0 Å². The number of hydrogen-bond donors (Lipinski definition) is 2. The van der Waals surface area contributed by atoms with Gasteiger partial charge in [-0.1, -0.05) is 6.92 Å². The summed E-state index contributed by atoms with van der Waals surface area (Å²) in [5.74, 6) is 1.54. The number of ether oxygens (including phenoxy) is 1. The number of esters is 1. The van der Waals surface area contributed by atoms with Gasteiger partial charge in [0.05, 0.1) is 6.10 Å². The first-order valence-corrected chi connectivity index (χ1v) is 9.12. The molecule has 130 valence electrons. The van der Waals surface area contributed by atoms with Gasteiger partial charge < -0.3 is 14.9 Å². The molecule has 4 heteroatoms. The molecule has 0 radical (unpaired) electrons. The molecule has 0 aromatic heterocycles. The molecule has 24 heavy (non-hydrogen) atoms. The van der Waals surface area contributed by atoms with Crippen LogP contribution in [0.3, 0.4) is 0 Å². The van der Waals surface area contributed by atoms with Crippen molar-refractivity contribution < 1.29 is 19.7 Å². The lowest BCUT2D eigenvalue weighted by Crippen LogP contribution is -2.43. The molecule has 0 heterocycles. The molecule has 0 saturated heterocycles. The Morgan fingerprint density at radius 1 is 1.25 bits per heavy atom. The van der Waals surface area contributed by atoms with Gasteiger partial charge in [0.2, 0.25) is 0 Å². The van der Waals surface area contributed by atoms with Crippen molar-refractivity contribution in [3.05, 3.63) is 23.3 Å². The summed E-state index contributed by atoms with van der Waals surface area (Å²) in [5, 5.41) is 20.6. The van der Waals surface area contributed by atoms with Crippen LogP contribution in [0.2, 0.25) is 0 Å². The van der Waals surface area contributed by atoms with E-state index in [1.807, 2.05) is 6.07 Å². The summed E-state index contributed by atoms with van der Waals surface area (Å²) in [6, 6.07) is 3.66. The lowest BCUT2D eigenvalue weighted by Gasteiger charge is -2.50. The fourth-order valence-electron chi connectivity index (χ4n) is 5.80. The van der Waals surface area contributed by atoms with Crippen molar-refractivity contribution in [3.63, 3.8) is 0 Å². The number of aliphatic hydroxyl groups excluding tert-OH is 1. The molecular formula is C20H26O4. The third-order valence-corrected chi connectivity index (χ3v) is 7.01. The van der Waals surface area contributed by atoms with Crippen molar-refractivity contribution in [1.82, 2.24) is 0 Å². The SMILES string of the molecule is CC(=O)Oc1cc2c(cc1O)CC[C@@H]1[C@@H]2CC[C@]2(C)[C@H](O)CC[C@@H]12. The van der Waals surface area contributed by atoms with Gasteiger partial charge in [0.1, 0.15) is 0 Å². The highest BCUT2D eigenvalue weighted by Crippen LogP contribution is 2.61. The minimum atomic E-state index is -0.409. The standard InChI is InChI=1S/C20H26O4/c1-11(21)24-18-10-15-12(9-17(18)22)3-4-14-13(15)7-8-20(2)16(14)5-6-19(20)23/h9-10,13-14,16,19,22-23H,3-8H2,1-2H3/t13-,14+,16-,19+,20-/m0/s1. The van der Waals surface area contributed by atoms with Gasteiger partial charge in [0.15, 0.2) is 11.5 Å². The van der Waals surface area contributed by atoms with E-state index in [0.29, 0.717) is 17.8 Å². The molecule has 4 rings (SSSR count). The molecule has 2 N–H and O–H groups in total. The second kappa shape index (κ2) is 5.48. The average molecular weight is 330 g/mol. The van der Waals surface area contributed by atoms with Crippen molar-refractivity contribution in [2.45, 2.75) is 64.4 Å². The smallest absolute Gasteiger partial charge is 0.308 e. The van der Waals surface area contributed by atoms with Crippen molar-refractivity contribution in [3.8, 4) is 11.5 Å². The van der Waals surface area contributed by atoms with Gasteiger partial charge in [-0.25, -0.2) is 0 Å². The molecule has 2 fully saturated rings. The highest BCUT2D eigenvalue weighted by Gasteiger charge is 2.54. The Morgan fingerprint density at radius 3 is 2.79 bits per heavy atom. The minimum absolute atomic E-state index is 0.0549. The molecule has 4 nitrogen and oxygen atoms in total. The van der Waals surface area contributed by atoms with Gasteiger partial charge in [-0.3, -0.25) is 4.79 Å². The molecule has 0 amide bonds. The number of fused-ring (bicyclic) bond motifs is 5. The van der Waals surface area contributed by atoms with Crippen LogP contribution in [-0.2, 0) is 11.2 Å². The third kappa shape index (κ3) is 2.26. The maximum Gasteiger partial charge on any atom is 0.308 e. The van der Waals surface area contributed by atoms with E-state index >= 15 is 0 Å². The molecule has 5 atom stereocenters. The van der Waals surface area contributed by atoms with E-state index in [9.17, 15) is 15.0 Å². The molecule has 0 bridgehead atoms. The Balaban J connectivity index is 1.70. The van der Waals surface area contributed by atoms with Crippen LogP contribution >= 0.6 is 0 Å². The number of benzene rings is 1. The van der Waals surface area contributed by atoms with Gasteiger partial charge in [-0.05, 0) is 85.0 Å². The van der Waals surface area contributed by atoms with Gasteiger partial charge in [-0.15, -0.1) is 0 Å². The van der Waals surface area contributed by atoms with Gasteiger partial charge in [-0.2, -0.15) is 0 Å². The van der Waals surface area contributed by atoms with Crippen LogP contribution in [-0.4, -0.2) is 22.3 Å². The van der Waals surface area contributed by atoms with E-state index in [1.165, 1.54) is 18.1 Å². The fraction of sp³-hybridized carbons (Fsp3) is 0.650. The Morgan fingerprint density at radius 2 is 2.04 bits per heavy atom. The summed E-state index contributed by atoms with van der Waals surface area (Å²) in [5.41, 5.74) is 2.49.